The summed E-state index contributed by atoms with van der Waals surface area (Å²) in [5.74, 6) is -0.423. The van der Waals surface area contributed by atoms with Gasteiger partial charge in [-0.1, -0.05) is 6.07 Å². The number of nitrogen functional groups attached to an aromatic ring is 1. The molecule has 0 atom stereocenters. The monoisotopic (exact) mass is 341 g/mol. The van der Waals surface area contributed by atoms with Crippen molar-refractivity contribution in [2.24, 2.45) is 5.73 Å². The van der Waals surface area contributed by atoms with Crippen LogP contribution in [0, 0.1) is 13.8 Å². The Morgan fingerprint density at radius 2 is 2.08 bits per heavy atom. The van der Waals surface area contributed by atoms with E-state index in [4.69, 9.17) is 16.2 Å². The van der Waals surface area contributed by atoms with E-state index in [0.717, 1.165) is 5.56 Å². The van der Waals surface area contributed by atoms with E-state index >= 15 is 0 Å². The number of primary amides is 1. The molecule has 130 valence electrons. The summed E-state index contributed by atoms with van der Waals surface area (Å²) in [4.78, 5) is 20.4. The number of hydrogen-bond donors (Lipinski definition) is 3. The average molecular weight is 341 g/mol. The number of aryl methyl sites for hydroxylation is 1. The van der Waals surface area contributed by atoms with Gasteiger partial charge >= 0.3 is 6.01 Å². The number of aromatic nitrogens is 3. The number of benzene rings is 1. The molecule has 3 aromatic rings. The summed E-state index contributed by atoms with van der Waals surface area (Å²) in [7, 11) is 0. The third-order valence-corrected chi connectivity index (χ3v) is 4.07. The highest BCUT2D eigenvalue weighted by atomic mass is 16.5. The van der Waals surface area contributed by atoms with Crippen molar-refractivity contribution in [2.75, 3.05) is 12.3 Å². The quantitative estimate of drug-likeness (QED) is 0.664. The number of anilines is 1. The van der Waals surface area contributed by atoms with Gasteiger partial charge in [0, 0.05) is 11.8 Å². The van der Waals surface area contributed by atoms with E-state index in [9.17, 15) is 9.90 Å². The van der Waals surface area contributed by atoms with Gasteiger partial charge in [-0.05, 0) is 32.4 Å². The minimum absolute atomic E-state index is 0.113. The van der Waals surface area contributed by atoms with E-state index in [0.29, 0.717) is 28.9 Å². The Bertz CT molecular complexity index is 994. The second-order valence-corrected chi connectivity index (χ2v) is 5.66. The minimum atomic E-state index is -0.676. The molecule has 1 amide bonds. The van der Waals surface area contributed by atoms with Crippen LogP contribution >= 0.6 is 0 Å². The number of aromatic hydroxyl groups is 1. The van der Waals surface area contributed by atoms with Crippen LogP contribution in [-0.2, 0) is 0 Å². The normalized spacial score (nSPS) is 11.0. The Labute approximate surface area is 144 Å². The summed E-state index contributed by atoms with van der Waals surface area (Å²) < 4.78 is 6.96. The van der Waals surface area contributed by atoms with Gasteiger partial charge in [0.15, 0.2) is 5.65 Å². The van der Waals surface area contributed by atoms with Crippen molar-refractivity contribution in [2.45, 2.75) is 20.8 Å². The van der Waals surface area contributed by atoms with Crippen LogP contribution in [0.2, 0.25) is 0 Å². The molecule has 0 spiro atoms. The summed E-state index contributed by atoms with van der Waals surface area (Å²) in [5.41, 5.74) is 14.4. The van der Waals surface area contributed by atoms with Gasteiger partial charge < -0.3 is 21.3 Å². The number of phenolic OH excluding ortho intramolecular Hbond substituents is 1. The number of ether oxygens (including phenoxy) is 1. The lowest BCUT2D eigenvalue weighted by Gasteiger charge is -2.15. The molecule has 0 saturated heterocycles. The van der Waals surface area contributed by atoms with Gasteiger partial charge in [-0.2, -0.15) is 4.98 Å². The predicted octanol–water partition coefficient (Wildman–Crippen LogP) is 1.82. The van der Waals surface area contributed by atoms with Crippen LogP contribution in [0.15, 0.2) is 18.3 Å². The van der Waals surface area contributed by atoms with Crippen molar-refractivity contribution in [3.05, 3.63) is 35.0 Å². The van der Waals surface area contributed by atoms with Crippen LogP contribution in [0.3, 0.4) is 0 Å². The SMILES string of the molecule is CCOc1ncc2c(C(N)=O)c(N)n(-c3c(C)ccc(O)c3C)c2n1. The molecule has 3 rings (SSSR count). The number of nitrogens with zero attached hydrogens (tertiary/aromatic N) is 3. The number of phenols is 1. The Kier molecular flexibility index (Phi) is 3.96. The molecular formula is C17H19N5O3. The van der Waals surface area contributed by atoms with Crippen LogP contribution < -0.4 is 16.2 Å². The minimum Gasteiger partial charge on any atom is -0.508 e. The van der Waals surface area contributed by atoms with Crippen LogP contribution in [0.4, 0.5) is 5.82 Å². The smallest absolute Gasteiger partial charge is 0.318 e. The Morgan fingerprint density at radius 3 is 2.72 bits per heavy atom. The van der Waals surface area contributed by atoms with Gasteiger partial charge in [-0.25, -0.2) is 4.98 Å². The van der Waals surface area contributed by atoms with Crippen molar-refractivity contribution >= 4 is 22.8 Å². The Balaban J connectivity index is 2.46. The van der Waals surface area contributed by atoms with Gasteiger partial charge in [0.05, 0.1) is 23.2 Å². The maximum Gasteiger partial charge on any atom is 0.318 e. The zero-order chi connectivity index (χ0) is 18.3. The molecule has 0 fully saturated rings. The van der Waals surface area contributed by atoms with E-state index in [-0.39, 0.29) is 23.1 Å². The molecule has 0 aliphatic heterocycles. The first-order valence-electron chi connectivity index (χ1n) is 7.75. The third-order valence-electron chi connectivity index (χ3n) is 4.07. The molecule has 2 aromatic heterocycles. The average Bonchev–Trinajstić information content (AvgIpc) is 2.84. The Morgan fingerprint density at radius 1 is 1.36 bits per heavy atom. The predicted molar refractivity (Wildman–Crippen MR) is 94.1 cm³/mol. The molecule has 0 unspecified atom stereocenters. The van der Waals surface area contributed by atoms with Gasteiger partial charge in [-0.15, -0.1) is 0 Å². The lowest BCUT2D eigenvalue weighted by Crippen LogP contribution is -2.14. The third kappa shape index (κ3) is 2.51. The second kappa shape index (κ2) is 5.97. The fraction of sp³-hybridized carbons (Fsp3) is 0.235. The molecule has 0 aliphatic carbocycles. The number of amides is 1. The summed E-state index contributed by atoms with van der Waals surface area (Å²) >= 11 is 0. The summed E-state index contributed by atoms with van der Waals surface area (Å²) in [6.07, 6.45) is 1.47. The van der Waals surface area contributed by atoms with E-state index in [1.54, 1.807) is 23.6 Å². The summed E-state index contributed by atoms with van der Waals surface area (Å²) in [6.45, 7) is 5.85. The Hall–Kier alpha value is -3.29. The van der Waals surface area contributed by atoms with Crippen molar-refractivity contribution in [3.63, 3.8) is 0 Å². The van der Waals surface area contributed by atoms with E-state index < -0.39 is 5.91 Å². The fourth-order valence-electron chi connectivity index (χ4n) is 2.92. The van der Waals surface area contributed by atoms with E-state index in [1.807, 2.05) is 13.8 Å². The molecule has 0 radical (unpaired) electrons. The van der Waals surface area contributed by atoms with Crippen molar-refractivity contribution in [1.29, 1.82) is 0 Å². The number of nitrogens with two attached hydrogens (primary N) is 2. The van der Waals surface area contributed by atoms with Crippen molar-refractivity contribution in [3.8, 4) is 17.4 Å². The molecule has 0 saturated carbocycles. The fourth-order valence-corrected chi connectivity index (χ4v) is 2.92. The number of carbonyl (C=O) groups is 1. The highest BCUT2D eigenvalue weighted by Crippen LogP contribution is 2.35. The molecule has 8 heteroatoms. The highest BCUT2D eigenvalue weighted by Gasteiger charge is 2.24. The summed E-state index contributed by atoms with van der Waals surface area (Å²) in [5, 5.41) is 10.5. The largest absolute Gasteiger partial charge is 0.508 e. The standard InChI is InChI=1S/C17H19N5O3/c1-4-25-17-20-7-10-12(15(19)24)14(18)22(16(10)21-17)13-8(2)5-6-11(23)9(13)3/h5-7,23H,4,18H2,1-3H3,(H2,19,24). The molecule has 1 aromatic carbocycles. The zero-order valence-corrected chi connectivity index (χ0v) is 14.2. The van der Waals surface area contributed by atoms with Crippen LogP contribution in [0.25, 0.3) is 16.7 Å². The molecule has 0 aliphatic rings. The number of rotatable bonds is 4. The van der Waals surface area contributed by atoms with Crippen LogP contribution in [0.1, 0.15) is 28.4 Å². The topological polar surface area (TPSA) is 129 Å². The molecular weight excluding hydrogens is 322 g/mol. The maximum atomic E-state index is 11.9. The number of fused-ring (bicyclic) bond motifs is 1. The zero-order valence-electron chi connectivity index (χ0n) is 14.2. The first-order chi connectivity index (χ1) is 11.9. The van der Waals surface area contributed by atoms with Crippen LogP contribution in [0.5, 0.6) is 11.8 Å². The lowest BCUT2D eigenvalue weighted by molar-refractivity contribution is 0.100. The molecule has 8 nitrogen and oxygen atoms in total. The van der Waals surface area contributed by atoms with E-state index in [1.165, 1.54) is 6.20 Å². The number of hydrogen-bond acceptors (Lipinski definition) is 6. The van der Waals surface area contributed by atoms with Crippen LogP contribution in [-0.4, -0.2) is 32.2 Å². The first kappa shape index (κ1) is 16.6. The lowest BCUT2D eigenvalue weighted by atomic mass is 10.1. The molecule has 5 N–H and O–H groups in total. The highest BCUT2D eigenvalue weighted by molar-refractivity contribution is 6.10. The van der Waals surface area contributed by atoms with Crippen molar-refractivity contribution < 1.29 is 14.6 Å². The first-order valence-corrected chi connectivity index (χ1v) is 7.75. The maximum absolute atomic E-state index is 11.9. The molecule has 0 bridgehead atoms. The van der Waals surface area contributed by atoms with Gasteiger partial charge in [0.1, 0.15) is 11.6 Å². The van der Waals surface area contributed by atoms with Crippen molar-refractivity contribution in [1.82, 2.24) is 14.5 Å². The van der Waals surface area contributed by atoms with Gasteiger partial charge in [0.25, 0.3) is 5.91 Å². The number of carbonyl (C=O) groups excluding carboxylic acids is 1. The summed E-state index contributed by atoms with van der Waals surface area (Å²) in [6, 6.07) is 3.53. The molecule has 2 heterocycles. The van der Waals surface area contributed by atoms with E-state index in [2.05, 4.69) is 9.97 Å². The second-order valence-electron chi connectivity index (χ2n) is 5.66. The van der Waals surface area contributed by atoms with Gasteiger partial charge in [-0.3, -0.25) is 9.36 Å². The van der Waals surface area contributed by atoms with Gasteiger partial charge in [0.2, 0.25) is 0 Å². The molecule has 25 heavy (non-hydrogen) atoms.